The molecule has 0 heterocycles. The Kier molecular flexibility index (Phi) is 5.56. The number of nitrogens with two attached hydrogens (primary N) is 1. The van der Waals surface area contributed by atoms with Gasteiger partial charge in [0.15, 0.2) is 0 Å². The molecule has 0 aliphatic heterocycles. The summed E-state index contributed by atoms with van der Waals surface area (Å²) in [4.78, 5) is 0.109. The van der Waals surface area contributed by atoms with Crippen molar-refractivity contribution in [1.29, 1.82) is 0 Å². The first kappa shape index (κ1) is 17.4. The van der Waals surface area contributed by atoms with Crippen LogP contribution in [0.15, 0.2) is 35.2 Å². The molecule has 1 unspecified atom stereocenters. The van der Waals surface area contributed by atoms with E-state index in [1.54, 1.807) is 18.2 Å². The molecule has 9 heteroatoms. The topological polar surface area (TPSA) is 118 Å². The van der Waals surface area contributed by atoms with Crippen LogP contribution in [0.25, 0.3) is 0 Å². The average Bonchev–Trinajstić information content (AvgIpc) is 3.30. The van der Waals surface area contributed by atoms with E-state index in [2.05, 4.69) is 9.44 Å². The van der Waals surface area contributed by atoms with Crippen molar-refractivity contribution in [2.45, 2.75) is 23.8 Å². The molecular weight excluding hydrogens is 326 g/mol. The summed E-state index contributed by atoms with van der Waals surface area (Å²) >= 11 is 0. The number of rotatable bonds is 9. The molecule has 22 heavy (non-hydrogen) atoms. The van der Waals surface area contributed by atoms with Gasteiger partial charge in [-0.3, -0.25) is 0 Å². The first-order valence-electron chi connectivity index (χ1n) is 7.09. The Morgan fingerprint density at radius 1 is 1.14 bits per heavy atom. The zero-order valence-electron chi connectivity index (χ0n) is 12.1. The minimum Gasteiger partial charge on any atom is -0.329 e. The Hall–Kier alpha value is -1.00. The molecule has 7 nitrogen and oxygen atoms in total. The van der Waals surface area contributed by atoms with Crippen molar-refractivity contribution >= 4 is 20.0 Å². The second-order valence-corrected chi connectivity index (χ2v) is 8.97. The lowest BCUT2D eigenvalue weighted by atomic mass is 10.2. The van der Waals surface area contributed by atoms with Crippen LogP contribution < -0.4 is 15.2 Å². The first-order chi connectivity index (χ1) is 10.3. The molecule has 0 spiro atoms. The van der Waals surface area contributed by atoms with Gasteiger partial charge in [-0.1, -0.05) is 18.2 Å². The minimum absolute atomic E-state index is 0.109. The van der Waals surface area contributed by atoms with E-state index in [-0.39, 0.29) is 29.8 Å². The van der Waals surface area contributed by atoms with Crippen LogP contribution in [-0.2, 0) is 20.0 Å². The molecule has 0 saturated heterocycles. The van der Waals surface area contributed by atoms with E-state index in [0.717, 1.165) is 12.8 Å². The van der Waals surface area contributed by atoms with E-state index in [0.29, 0.717) is 5.92 Å². The normalized spacial score (nSPS) is 17.3. The van der Waals surface area contributed by atoms with Gasteiger partial charge in [0.1, 0.15) is 0 Å². The summed E-state index contributed by atoms with van der Waals surface area (Å²) in [5.74, 6) is -0.0109. The van der Waals surface area contributed by atoms with Gasteiger partial charge in [-0.05, 0) is 30.9 Å². The van der Waals surface area contributed by atoms with Crippen LogP contribution in [0.4, 0.5) is 0 Å². The molecule has 1 aliphatic carbocycles. The fourth-order valence-corrected chi connectivity index (χ4v) is 4.54. The van der Waals surface area contributed by atoms with E-state index in [1.807, 2.05) is 0 Å². The second-order valence-electron chi connectivity index (χ2n) is 5.33. The molecule has 0 amide bonds. The molecule has 0 radical (unpaired) electrons. The molecular formula is C13H21N3O4S2. The number of sulfonamides is 2. The summed E-state index contributed by atoms with van der Waals surface area (Å²) in [6, 6.07) is 7.57. The van der Waals surface area contributed by atoms with Gasteiger partial charge in [0.2, 0.25) is 20.0 Å². The van der Waals surface area contributed by atoms with E-state index < -0.39 is 20.0 Å². The predicted molar refractivity (Wildman–Crippen MR) is 84.1 cm³/mol. The first-order valence-corrected chi connectivity index (χ1v) is 10.2. The van der Waals surface area contributed by atoms with Crippen molar-refractivity contribution in [3.63, 3.8) is 0 Å². The number of nitrogens with one attached hydrogen (secondary N) is 2. The highest BCUT2D eigenvalue weighted by molar-refractivity contribution is 7.90. The Balaban J connectivity index is 1.87. The third-order valence-corrected chi connectivity index (χ3v) is 6.37. The Labute approximate surface area is 131 Å². The molecule has 0 aromatic heterocycles. The van der Waals surface area contributed by atoms with Gasteiger partial charge in [-0.2, -0.15) is 0 Å². The lowest BCUT2D eigenvalue weighted by Gasteiger charge is -2.16. The van der Waals surface area contributed by atoms with Crippen LogP contribution in [-0.4, -0.2) is 41.7 Å². The van der Waals surface area contributed by atoms with Gasteiger partial charge in [-0.15, -0.1) is 0 Å². The smallest absolute Gasteiger partial charge is 0.240 e. The van der Waals surface area contributed by atoms with E-state index in [1.165, 1.54) is 12.1 Å². The van der Waals surface area contributed by atoms with Gasteiger partial charge < -0.3 is 5.73 Å². The summed E-state index contributed by atoms with van der Waals surface area (Å²) in [6.45, 7) is 0.0636. The van der Waals surface area contributed by atoms with Crippen molar-refractivity contribution in [3.05, 3.63) is 30.3 Å². The second kappa shape index (κ2) is 7.05. The predicted octanol–water partition coefficient (Wildman–Crippen LogP) is -0.378. The molecule has 1 saturated carbocycles. The lowest BCUT2D eigenvalue weighted by molar-refractivity contribution is 0.518. The van der Waals surface area contributed by atoms with Gasteiger partial charge in [0.05, 0.1) is 10.6 Å². The van der Waals surface area contributed by atoms with E-state index in [9.17, 15) is 16.8 Å². The van der Waals surface area contributed by atoms with Crippen LogP contribution in [0.5, 0.6) is 0 Å². The zero-order chi connectivity index (χ0) is 16.2. The maximum absolute atomic E-state index is 12.0. The Morgan fingerprint density at radius 2 is 1.77 bits per heavy atom. The van der Waals surface area contributed by atoms with Gasteiger partial charge in [-0.25, -0.2) is 26.3 Å². The van der Waals surface area contributed by atoms with Crippen molar-refractivity contribution < 1.29 is 16.8 Å². The molecule has 1 fully saturated rings. The third kappa shape index (κ3) is 5.03. The summed E-state index contributed by atoms with van der Waals surface area (Å²) in [6.07, 6.45) is 1.95. The molecule has 124 valence electrons. The summed E-state index contributed by atoms with van der Waals surface area (Å²) in [5, 5.41) is 0. The van der Waals surface area contributed by atoms with E-state index >= 15 is 0 Å². The molecule has 4 N–H and O–H groups in total. The molecule has 2 rings (SSSR count). The monoisotopic (exact) mass is 347 g/mol. The maximum Gasteiger partial charge on any atom is 0.240 e. The highest BCUT2D eigenvalue weighted by atomic mass is 32.2. The van der Waals surface area contributed by atoms with Crippen LogP contribution in [0.2, 0.25) is 0 Å². The largest absolute Gasteiger partial charge is 0.329 e. The van der Waals surface area contributed by atoms with Gasteiger partial charge in [0.25, 0.3) is 0 Å². The average molecular weight is 347 g/mol. The van der Waals surface area contributed by atoms with Crippen molar-refractivity contribution in [1.82, 2.24) is 9.44 Å². The molecule has 1 aromatic carbocycles. The van der Waals surface area contributed by atoms with Gasteiger partial charge in [0, 0.05) is 19.1 Å². The Morgan fingerprint density at radius 3 is 2.32 bits per heavy atom. The fraction of sp³-hybridized carbons (Fsp3) is 0.538. The molecule has 1 aromatic rings. The minimum atomic E-state index is -3.69. The van der Waals surface area contributed by atoms with Crippen molar-refractivity contribution in [3.8, 4) is 0 Å². The van der Waals surface area contributed by atoms with Crippen LogP contribution in [0.3, 0.4) is 0 Å². The quantitative estimate of drug-likeness (QED) is 0.563. The van der Waals surface area contributed by atoms with Crippen LogP contribution in [0, 0.1) is 5.92 Å². The fourth-order valence-electron chi connectivity index (χ4n) is 2.12. The number of hydrogen-bond donors (Lipinski definition) is 3. The standard InChI is InChI=1S/C13H21N3O4S2/c14-10-13(11-6-7-11)16-21(17,18)9-8-15-22(19,20)12-4-2-1-3-5-12/h1-5,11,13,15-16H,6-10,14H2. The van der Waals surface area contributed by atoms with Crippen molar-refractivity contribution in [2.75, 3.05) is 18.8 Å². The zero-order valence-corrected chi connectivity index (χ0v) is 13.7. The summed E-state index contributed by atoms with van der Waals surface area (Å²) in [5.41, 5.74) is 5.56. The number of benzene rings is 1. The molecule has 0 bridgehead atoms. The number of hydrogen-bond acceptors (Lipinski definition) is 5. The van der Waals surface area contributed by atoms with E-state index in [4.69, 9.17) is 5.73 Å². The summed E-state index contributed by atoms with van der Waals surface area (Å²) < 4.78 is 52.7. The highest BCUT2D eigenvalue weighted by Gasteiger charge is 2.32. The Bertz CT molecular complexity index is 685. The SMILES string of the molecule is NCC(NS(=O)(=O)CCNS(=O)(=O)c1ccccc1)C1CC1. The highest BCUT2D eigenvalue weighted by Crippen LogP contribution is 2.32. The third-order valence-electron chi connectivity index (χ3n) is 3.49. The maximum atomic E-state index is 12.0. The lowest BCUT2D eigenvalue weighted by Crippen LogP contribution is -2.44. The van der Waals surface area contributed by atoms with Crippen LogP contribution in [0.1, 0.15) is 12.8 Å². The van der Waals surface area contributed by atoms with Crippen molar-refractivity contribution in [2.24, 2.45) is 11.7 Å². The summed E-state index contributed by atoms with van der Waals surface area (Å²) in [7, 11) is -7.25. The molecule has 1 aliphatic rings. The molecule has 1 atom stereocenters. The van der Waals surface area contributed by atoms with Gasteiger partial charge >= 0.3 is 0 Å². The van der Waals surface area contributed by atoms with Crippen LogP contribution >= 0.6 is 0 Å².